The van der Waals surface area contributed by atoms with Crippen LogP contribution in [-0.2, 0) is 0 Å². The fourth-order valence-electron chi connectivity index (χ4n) is 2.38. The average Bonchev–Trinajstić information content (AvgIpc) is 2.82. The topological polar surface area (TPSA) is 74.5 Å². The van der Waals surface area contributed by atoms with Crippen molar-refractivity contribution in [3.63, 3.8) is 0 Å². The van der Waals surface area contributed by atoms with Gasteiger partial charge in [0, 0.05) is 20.6 Å². The maximum absolute atomic E-state index is 12.3. The van der Waals surface area contributed by atoms with Crippen molar-refractivity contribution < 1.29 is 4.79 Å². The van der Waals surface area contributed by atoms with E-state index in [0.717, 1.165) is 31.1 Å². The van der Waals surface area contributed by atoms with E-state index in [0.29, 0.717) is 17.2 Å². The molecule has 0 saturated carbocycles. The van der Waals surface area contributed by atoms with Crippen molar-refractivity contribution >= 4 is 28.2 Å². The lowest BCUT2D eigenvalue weighted by Crippen LogP contribution is -2.43. The Morgan fingerprint density at radius 3 is 2.62 bits per heavy atom. The van der Waals surface area contributed by atoms with E-state index in [9.17, 15) is 4.79 Å². The number of piperidine rings is 1. The maximum atomic E-state index is 12.3. The van der Waals surface area contributed by atoms with Crippen LogP contribution in [0.1, 0.15) is 29.4 Å². The summed E-state index contributed by atoms with van der Waals surface area (Å²) in [6, 6.07) is 0. The zero-order valence-corrected chi connectivity index (χ0v) is 14.1. The molecule has 2 heterocycles. The molecule has 0 spiro atoms. The molecule has 1 aromatic rings. The molecule has 7 heteroatoms. The Hall–Kier alpha value is -1.34. The van der Waals surface area contributed by atoms with E-state index >= 15 is 0 Å². The van der Waals surface area contributed by atoms with Crippen molar-refractivity contribution in [2.24, 2.45) is 5.41 Å². The summed E-state index contributed by atoms with van der Waals surface area (Å²) in [4.78, 5) is 21.2. The summed E-state index contributed by atoms with van der Waals surface area (Å²) in [5.41, 5.74) is 6.02. The fourth-order valence-corrected chi connectivity index (χ4v) is 3.21. The van der Waals surface area contributed by atoms with Gasteiger partial charge in [0.2, 0.25) is 0 Å². The van der Waals surface area contributed by atoms with Crippen LogP contribution in [0.4, 0.5) is 10.9 Å². The third-order valence-electron chi connectivity index (χ3n) is 4.10. The van der Waals surface area contributed by atoms with Crippen molar-refractivity contribution in [3.8, 4) is 0 Å². The molecule has 0 radical (unpaired) electrons. The minimum atomic E-state index is -0.113. The SMILES string of the molecule is CN1CCC(C)(CNC(=O)c2sc(N(C)C)nc2N)CC1. The first-order chi connectivity index (χ1) is 9.81. The van der Waals surface area contributed by atoms with Crippen LogP contribution in [0.5, 0.6) is 0 Å². The Morgan fingerprint density at radius 2 is 2.10 bits per heavy atom. The number of nitrogen functional groups attached to an aromatic ring is 1. The van der Waals surface area contributed by atoms with Gasteiger partial charge in [-0.05, 0) is 38.4 Å². The van der Waals surface area contributed by atoms with Crippen LogP contribution >= 0.6 is 11.3 Å². The van der Waals surface area contributed by atoms with Gasteiger partial charge in [0.15, 0.2) is 5.13 Å². The number of hydrogen-bond acceptors (Lipinski definition) is 6. The van der Waals surface area contributed by atoms with Gasteiger partial charge in [0.1, 0.15) is 10.7 Å². The molecule has 21 heavy (non-hydrogen) atoms. The third kappa shape index (κ3) is 3.85. The minimum Gasteiger partial charge on any atom is -0.382 e. The van der Waals surface area contributed by atoms with Gasteiger partial charge in [-0.3, -0.25) is 4.79 Å². The van der Waals surface area contributed by atoms with Crippen LogP contribution in [-0.4, -0.2) is 56.6 Å². The number of anilines is 2. The second kappa shape index (κ2) is 6.19. The lowest BCUT2D eigenvalue weighted by Gasteiger charge is -2.37. The highest BCUT2D eigenvalue weighted by Gasteiger charge is 2.29. The standard InChI is InChI=1S/C14H25N5OS/c1-14(5-7-19(4)8-6-14)9-16-12(20)10-11(15)17-13(21-10)18(2)3/h5-9,15H2,1-4H3,(H,16,20). The minimum absolute atomic E-state index is 0.113. The summed E-state index contributed by atoms with van der Waals surface area (Å²) in [5, 5.41) is 3.78. The smallest absolute Gasteiger partial charge is 0.265 e. The predicted octanol–water partition coefficient (Wildman–Crippen LogP) is 1.25. The normalized spacial score (nSPS) is 18.5. The van der Waals surface area contributed by atoms with Gasteiger partial charge < -0.3 is 20.9 Å². The molecule has 1 aromatic heterocycles. The number of carbonyl (C=O) groups excluding carboxylic acids is 1. The van der Waals surface area contributed by atoms with Crippen LogP contribution in [0.3, 0.4) is 0 Å². The number of carbonyl (C=O) groups is 1. The Balaban J connectivity index is 1.96. The van der Waals surface area contributed by atoms with Crippen molar-refractivity contribution in [2.45, 2.75) is 19.8 Å². The van der Waals surface area contributed by atoms with Crippen LogP contribution in [0, 0.1) is 5.41 Å². The predicted molar refractivity (Wildman–Crippen MR) is 88.0 cm³/mol. The van der Waals surface area contributed by atoms with Crippen LogP contribution < -0.4 is 16.0 Å². The van der Waals surface area contributed by atoms with Crippen molar-refractivity contribution in [3.05, 3.63) is 4.88 Å². The highest BCUT2D eigenvalue weighted by atomic mass is 32.1. The van der Waals surface area contributed by atoms with Gasteiger partial charge in [0.05, 0.1) is 0 Å². The van der Waals surface area contributed by atoms with E-state index in [4.69, 9.17) is 5.73 Å². The number of amides is 1. The molecule has 1 saturated heterocycles. The van der Waals surface area contributed by atoms with E-state index in [1.165, 1.54) is 11.3 Å². The highest BCUT2D eigenvalue weighted by Crippen LogP contribution is 2.30. The lowest BCUT2D eigenvalue weighted by atomic mass is 9.80. The maximum Gasteiger partial charge on any atom is 0.265 e. The van der Waals surface area contributed by atoms with Crippen LogP contribution in [0.2, 0.25) is 0 Å². The zero-order chi connectivity index (χ0) is 15.6. The van der Waals surface area contributed by atoms with Crippen LogP contribution in [0.25, 0.3) is 0 Å². The molecule has 3 N–H and O–H groups in total. The summed E-state index contributed by atoms with van der Waals surface area (Å²) in [6.07, 6.45) is 2.20. The zero-order valence-electron chi connectivity index (χ0n) is 13.3. The van der Waals surface area contributed by atoms with Crippen molar-refractivity contribution in [1.82, 2.24) is 15.2 Å². The van der Waals surface area contributed by atoms with E-state index in [1.807, 2.05) is 19.0 Å². The number of aromatic nitrogens is 1. The number of nitrogens with zero attached hydrogens (tertiary/aromatic N) is 3. The number of thiazole rings is 1. The Morgan fingerprint density at radius 1 is 1.48 bits per heavy atom. The summed E-state index contributed by atoms with van der Waals surface area (Å²) < 4.78 is 0. The first kappa shape index (κ1) is 16.0. The van der Waals surface area contributed by atoms with Gasteiger partial charge >= 0.3 is 0 Å². The molecule has 0 aliphatic carbocycles. The van der Waals surface area contributed by atoms with Gasteiger partial charge in [-0.15, -0.1) is 0 Å². The molecular weight excluding hydrogens is 286 g/mol. The van der Waals surface area contributed by atoms with Gasteiger partial charge in [-0.25, -0.2) is 4.98 Å². The molecule has 0 atom stereocenters. The number of hydrogen-bond donors (Lipinski definition) is 2. The number of nitrogens with two attached hydrogens (primary N) is 1. The fraction of sp³-hybridized carbons (Fsp3) is 0.714. The van der Waals surface area contributed by atoms with Crippen LogP contribution in [0.15, 0.2) is 0 Å². The summed E-state index contributed by atoms with van der Waals surface area (Å²) in [7, 11) is 5.91. The van der Waals surface area contributed by atoms with Gasteiger partial charge in [-0.1, -0.05) is 18.3 Å². The Bertz CT molecular complexity index is 505. The first-order valence-corrected chi connectivity index (χ1v) is 8.03. The summed E-state index contributed by atoms with van der Waals surface area (Å²) in [6.45, 7) is 5.09. The van der Waals surface area contributed by atoms with E-state index in [2.05, 4.69) is 29.2 Å². The summed E-state index contributed by atoms with van der Waals surface area (Å²) in [5.74, 6) is 0.202. The molecule has 0 unspecified atom stereocenters. The Kier molecular flexibility index (Phi) is 4.73. The average molecular weight is 311 g/mol. The first-order valence-electron chi connectivity index (χ1n) is 7.21. The highest BCUT2D eigenvalue weighted by molar-refractivity contribution is 7.18. The molecular formula is C14H25N5OS. The number of rotatable bonds is 4. The molecule has 1 amide bonds. The lowest BCUT2D eigenvalue weighted by molar-refractivity contribution is 0.0896. The summed E-state index contributed by atoms with van der Waals surface area (Å²) >= 11 is 1.33. The number of likely N-dealkylation sites (tertiary alicyclic amines) is 1. The third-order valence-corrected chi connectivity index (χ3v) is 5.34. The molecule has 1 aliphatic rings. The molecule has 118 valence electrons. The second-order valence-corrected chi connectivity index (χ2v) is 7.38. The molecule has 0 bridgehead atoms. The Labute approximate surface area is 130 Å². The van der Waals surface area contributed by atoms with E-state index < -0.39 is 0 Å². The molecule has 1 aliphatic heterocycles. The second-order valence-electron chi connectivity index (χ2n) is 6.40. The van der Waals surface area contributed by atoms with E-state index in [-0.39, 0.29) is 11.3 Å². The molecule has 1 fully saturated rings. The van der Waals surface area contributed by atoms with Crippen molar-refractivity contribution in [1.29, 1.82) is 0 Å². The van der Waals surface area contributed by atoms with E-state index in [1.54, 1.807) is 0 Å². The monoisotopic (exact) mass is 311 g/mol. The molecule has 6 nitrogen and oxygen atoms in total. The van der Waals surface area contributed by atoms with Crippen molar-refractivity contribution in [2.75, 3.05) is 51.4 Å². The molecule has 2 rings (SSSR count). The van der Waals surface area contributed by atoms with Gasteiger partial charge in [-0.2, -0.15) is 0 Å². The quantitative estimate of drug-likeness (QED) is 0.875. The molecule has 0 aromatic carbocycles. The largest absolute Gasteiger partial charge is 0.382 e. The number of nitrogens with one attached hydrogen (secondary N) is 1. The van der Waals surface area contributed by atoms with Gasteiger partial charge in [0.25, 0.3) is 5.91 Å².